The van der Waals surface area contributed by atoms with E-state index in [1.165, 1.54) is 5.56 Å². The SMILES string of the molecule is Cc1cc(S(=O)(=O)Nc2ccccc2-c2nnc(-c3ccc(C(C)(C)C)cc3)o2)c(C)cc1Cl. The molecule has 1 heterocycles. The van der Waals surface area contributed by atoms with E-state index in [1.807, 2.05) is 24.3 Å². The molecule has 0 bridgehead atoms. The van der Waals surface area contributed by atoms with Crippen LogP contribution in [0.3, 0.4) is 0 Å². The van der Waals surface area contributed by atoms with E-state index in [2.05, 4.69) is 35.7 Å². The Balaban J connectivity index is 1.67. The fraction of sp³-hybridized carbons (Fsp3) is 0.231. The molecule has 8 heteroatoms. The molecular weight excluding hydrogens is 470 g/mol. The molecule has 1 N–H and O–H groups in total. The van der Waals surface area contributed by atoms with Gasteiger partial charge in [-0.3, -0.25) is 4.72 Å². The number of para-hydroxylation sites is 1. The summed E-state index contributed by atoms with van der Waals surface area (Å²) in [5.74, 6) is 0.578. The summed E-state index contributed by atoms with van der Waals surface area (Å²) < 4.78 is 35.0. The van der Waals surface area contributed by atoms with Gasteiger partial charge in [0.25, 0.3) is 10.0 Å². The Labute approximate surface area is 205 Å². The quantitative estimate of drug-likeness (QED) is 0.330. The van der Waals surface area contributed by atoms with Crippen LogP contribution in [-0.2, 0) is 15.4 Å². The second kappa shape index (κ2) is 8.89. The number of nitrogens with one attached hydrogen (secondary N) is 1. The molecule has 0 unspecified atom stereocenters. The van der Waals surface area contributed by atoms with Gasteiger partial charge in [-0.2, -0.15) is 0 Å². The number of nitrogens with zero attached hydrogens (tertiary/aromatic N) is 2. The minimum absolute atomic E-state index is 0.0373. The lowest BCUT2D eigenvalue weighted by atomic mass is 9.87. The third kappa shape index (κ3) is 4.86. The first-order valence-corrected chi connectivity index (χ1v) is 12.7. The van der Waals surface area contributed by atoms with Crippen molar-refractivity contribution in [1.82, 2.24) is 10.2 Å². The predicted octanol–water partition coefficient (Wildman–Crippen LogP) is 6.77. The number of halogens is 1. The minimum Gasteiger partial charge on any atom is -0.416 e. The summed E-state index contributed by atoms with van der Waals surface area (Å²) >= 11 is 6.14. The van der Waals surface area contributed by atoms with Crippen LogP contribution in [0.5, 0.6) is 0 Å². The molecule has 0 fully saturated rings. The number of hydrogen-bond acceptors (Lipinski definition) is 5. The molecule has 0 spiro atoms. The number of aromatic nitrogens is 2. The third-order valence-corrected chi connectivity index (χ3v) is 7.49. The van der Waals surface area contributed by atoms with Gasteiger partial charge in [0.1, 0.15) is 0 Å². The van der Waals surface area contributed by atoms with Gasteiger partial charge in [-0.25, -0.2) is 8.42 Å². The standard InChI is InChI=1S/C26H26ClN3O3S/c1-16-15-23(17(2)14-21(16)27)34(31,32)30-22-9-7-6-8-20(22)25-29-28-24(33-25)18-10-12-19(13-11-18)26(3,4)5/h6-15,30H,1-5H3. The molecule has 4 aromatic rings. The van der Waals surface area contributed by atoms with Gasteiger partial charge in [0.05, 0.1) is 16.1 Å². The van der Waals surface area contributed by atoms with Crippen LogP contribution in [0.15, 0.2) is 70.0 Å². The lowest BCUT2D eigenvalue weighted by molar-refractivity contribution is 0.582. The van der Waals surface area contributed by atoms with E-state index in [9.17, 15) is 8.42 Å². The van der Waals surface area contributed by atoms with Crippen LogP contribution in [0, 0.1) is 13.8 Å². The smallest absolute Gasteiger partial charge is 0.262 e. The largest absolute Gasteiger partial charge is 0.416 e. The first-order chi connectivity index (χ1) is 16.0. The van der Waals surface area contributed by atoms with Crippen molar-refractivity contribution >= 4 is 27.3 Å². The summed E-state index contributed by atoms with van der Waals surface area (Å²) in [6.45, 7) is 9.93. The van der Waals surface area contributed by atoms with Crippen molar-refractivity contribution in [2.24, 2.45) is 0 Å². The maximum atomic E-state index is 13.2. The topological polar surface area (TPSA) is 85.1 Å². The van der Waals surface area contributed by atoms with Crippen LogP contribution in [0.4, 0.5) is 5.69 Å². The van der Waals surface area contributed by atoms with Crippen molar-refractivity contribution in [2.45, 2.75) is 44.9 Å². The molecule has 176 valence electrons. The maximum absolute atomic E-state index is 13.2. The Morgan fingerprint density at radius 3 is 2.21 bits per heavy atom. The van der Waals surface area contributed by atoms with Crippen LogP contribution in [0.25, 0.3) is 22.9 Å². The summed E-state index contributed by atoms with van der Waals surface area (Å²) in [4.78, 5) is 0.161. The zero-order valence-corrected chi connectivity index (χ0v) is 21.3. The van der Waals surface area contributed by atoms with Crippen molar-refractivity contribution in [3.8, 4) is 22.9 Å². The van der Waals surface area contributed by atoms with E-state index in [-0.39, 0.29) is 16.2 Å². The maximum Gasteiger partial charge on any atom is 0.262 e. The van der Waals surface area contributed by atoms with Crippen molar-refractivity contribution < 1.29 is 12.8 Å². The first-order valence-electron chi connectivity index (χ1n) is 10.8. The van der Waals surface area contributed by atoms with E-state index in [1.54, 1.807) is 50.2 Å². The zero-order valence-electron chi connectivity index (χ0n) is 19.7. The summed E-state index contributed by atoms with van der Waals surface area (Å²) in [5.41, 5.74) is 4.09. The van der Waals surface area contributed by atoms with Crippen molar-refractivity contribution in [3.63, 3.8) is 0 Å². The summed E-state index contributed by atoms with van der Waals surface area (Å²) in [6, 6.07) is 18.1. The highest BCUT2D eigenvalue weighted by atomic mass is 35.5. The second-order valence-corrected chi connectivity index (χ2v) is 11.3. The Bertz CT molecular complexity index is 1450. The molecule has 0 saturated heterocycles. The molecule has 1 aromatic heterocycles. The molecule has 3 aromatic carbocycles. The number of sulfonamides is 1. The number of rotatable bonds is 5. The fourth-order valence-corrected chi connectivity index (χ4v) is 5.17. The van der Waals surface area contributed by atoms with Crippen LogP contribution in [-0.4, -0.2) is 18.6 Å². The summed E-state index contributed by atoms with van der Waals surface area (Å²) in [6.07, 6.45) is 0. The van der Waals surface area contributed by atoms with E-state index >= 15 is 0 Å². The monoisotopic (exact) mass is 495 g/mol. The Hall–Kier alpha value is -3.16. The van der Waals surface area contributed by atoms with Crippen molar-refractivity contribution in [3.05, 3.63) is 82.4 Å². The van der Waals surface area contributed by atoms with Gasteiger partial charge in [0.15, 0.2) is 0 Å². The Kier molecular flexibility index (Phi) is 6.27. The fourth-order valence-electron chi connectivity index (χ4n) is 3.56. The summed E-state index contributed by atoms with van der Waals surface area (Å²) in [7, 11) is -3.88. The normalized spacial score (nSPS) is 12.1. The molecule has 6 nitrogen and oxygen atoms in total. The summed E-state index contributed by atoms with van der Waals surface area (Å²) in [5, 5.41) is 8.87. The second-order valence-electron chi connectivity index (χ2n) is 9.26. The van der Waals surface area contributed by atoms with Gasteiger partial charge in [0.2, 0.25) is 11.8 Å². The number of hydrogen-bond donors (Lipinski definition) is 1. The average molecular weight is 496 g/mol. The first kappa shape index (κ1) is 24.0. The van der Waals surface area contributed by atoms with Gasteiger partial charge in [-0.1, -0.05) is 56.6 Å². The number of benzene rings is 3. The van der Waals surface area contributed by atoms with Crippen LogP contribution in [0.1, 0.15) is 37.5 Å². The van der Waals surface area contributed by atoms with E-state index in [4.69, 9.17) is 16.0 Å². The molecule has 34 heavy (non-hydrogen) atoms. The average Bonchev–Trinajstić information content (AvgIpc) is 3.26. The zero-order chi connectivity index (χ0) is 24.7. The lowest BCUT2D eigenvalue weighted by Gasteiger charge is -2.18. The highest BCUT2D eigenvalue weighted by Crippen LogP contribution is 2.33. The van der Waals surface area contributed by atoms with Gasteiger partial charge in [0, 0.05) is 10.6 Å². The molecule has 0 atom stereocenters. The molecule has 4 rings (SSSR count). The van der Waals surface area contributed by atoms with E-state index in [0.717, 1.165) is 5.56 Å². The highest BCUT2D eigenvalue weighted by Gasteiger charge is 2.22. The molecule has 0 saturated carbocycles. The molecule has 0 aliphatic carbocycles. The van der Waals surface area contributed by atoms with Crippen LogP contribution in [0.2, 0.25) is 5.02 Å². The van der Waals surface area contributed by atoms with Crippen molar-refractivity contribution in [2.75, 3.05) is 4.72 Å². The van der Waals surface area contributed by atoms with Gasteiger partial charge in [-0.15, -0.1) is 10.2 Å². The predicted molar refractivity (Wildman–Crippen MR) is 136 cm³/mol. The van der Waals surface area contributed by atoms with Gasteiger partial charge < -0.3 is 4.42 Å². The molecule has 0 amide bonds. The van der Waals surface area contributed by atoms with Gasteiger partial charge >= 0.3 is 0 Å². The minimum atomic E-state index is -3.88. The Morgan fingerprint density at radius 1 is 0.882 bits per heavy atom. The van der Waals surface area contributed by atoms with Crippen LogP contribution < -0.4 is 4.72 Å². The van der Waals surface area contributed by atoms with Crippen LogP contribution >= 0.6 is 11.6 Å². The Morgan fingerprint density at radius 2 is 1.53 bits per heavy atom. The lowest BCUT2D eigenvalue weighted by Crippen LogP contribution is -2.15. The van der Waals surface area contributed by atoms with Gasteiger partial charge in [-0.05, 0) is 72.4 Å². The molecular formula is C26H26ClN3O3S. The number of aryl methyl sites for hydroxylation is 2. The molecule has 0 radical (unpaired) electrons. The molecule has 0 aliphatic heterocycles. The third-order valence-electron chi connectivity index (χ3n) is 5.57. The molecule has 0 aliphatic rings. The van der Waals surface area contributed by atoms with E-state index < -0.39 is 10.0 Å². The number of anilines is 1. The van der Waals surface area contributed by atoms with E-state index in [0.29, 0.717) is 33.3 Å². The van der Waals surface area contributed by atoms with Crippen molar-refractivity contribution in [1.29, 1.82) is 0 Å². The highest BCUT2D eigenvalue weighted by molar-refractivity contribution is 7.92.